The van der Waals surface area contributed by atoms with Gasteiger partial charge in [0.05, 0.1) is 17.0 Å². The van der Waals surface area contributed by atoms with Gasteiger partial charge in [-0.05, 0) is 50.5 Å². The van der Waals surface area contributed by atoms with Gasteiger partial charge in [-0.1, -0.05) is 78.9 Å². The number of morpholine rings is 1. The maximum atomic E-state index is 15.5. The third-order valence-corrected chi connectivity index (χ3v) is 7.30. The number of halogens is 1. The molecule has 0 saturated carbocycles. The zero-order valence-corrected chi connectivity index (χ0v) is 24.2. The normalized spacial score (nSPS) is 20.6. The van der Waals surface area contributed by atoms with Crippen molar-refractivity contribution in [1.29, 1.82) is 0 Å². The molecule has 43 heavy (non-hydrogen) atoms. The van der Waals surface area contributed by atoms with Crippen LogP contribution < -0.4 is 0 Å². The van der Waals surface area contributed by atoms with Crippen LogP contribution in [0.4, 0.5) is 9.18 Å². The fourth-order valence-corrected chi connectivity index (χ4v) is 5.40. The molecule has 2 heterocycles. The first-order chi connectivity index (χ1) is 20.5. The first-order valence-electron chi connectivity index (χ1n) is 14.2. The molecule has 1 saturated heterocycles. The summed E-state index contributed by atoms with van der Waals surface area (Å²) in [4.78, 5) is 54.9. The number of rotatable bonds is 7. The molecule has 0 aromatic heterocycles. The Balaban J connectivity index is 1.42. The van der Waals surface area contributed by atoms with Crippen molar-refractivity contribution in [1.82, 2.24) is 9.80 Å². The Kier molecular flexibility index (Phi) is 8.43. The van der Waals surface area contributed by atoms with E-state index >= 15 is 4.39 Å². The second-order valence-corrected chi connectivity index (χ2v) is 11.5. The Hall–Kier alpha value is -4.79. The standard InChI is InChI=1S/C34H33FN2O6/c1-34(2,3)43-33(41)37-27(21-24(35)17-12-20-36-30(38)25-18-10-11-19-26(25)31(36)39)32(40)42-29(23-15-8-5-9-16-23)28(37)22-13-6-4-7-14-22/h4-11,13-19,27-29H,12,20-21H2,1-3H3/b24-17-. The second kappa shape index (κ2) is 12.2. The van der Waals surface area contributed by atoms with Crippen molar-refractivity contribution in [2.75, 3.05) is 6.54 Å². The smallest absolute Gasteiger partial charge is 0.411 e. The van der Waals surface area contributed by atoms with Crippen molar-refractivity contribution in [3.05, 3.63) is 119 Å². The number of carbonyl (C=O) groups excluding carboxylic acids is 4. The molecule has 0 aliphatic carbocycles. The Morgan fingerprint density at radius 1 is 0.860 bits per heavy atom. The number of amides is 3. The molecule has 8 nitrogen and oxygen atoms in total. The molecule has 2 aliphatic heterocycles. The van der Waals surface area contributed by atoms with Gasteiger partial charge in [0.2, 0.25) is 0 Å². The highest BCUT2D eigenvalue weighted by molar-refractivity contribution is 6.21. The van der Waals surface area contributed by atoms with E-state index in [1.165, 1.54) is 11.0 Å². The summed E-state index contributed by atoms with van der Waals surface area (Å²) in [5, 5.41) is 0. The predicted molar refractivity (Wildman–Crippen MR) is 157 cm³/mol. The molecule has 5 rings (SSSR count). The van der Waals surface area contributed by atoms with Crippen molar-refractivity contribution in [2.45, 2.75) is 57.4 Å². The quantitative estimate of drug-likeness (QED) is 0.231. The highest BCUT2D eigenvalue weighted by atomic mass is 19.1. The van der Waals surface area contributed by atoms with E-state index in [4.69, 9.17) is 9.47 Å². The predicted octanol–water partition coefficient (Wildman–Crippen LogP) is 6.56. The van der Waals surface area contributed by atoms with Gasteiger partial charge in [0.25, 0.3) is 11.8 Å². The second-order valence-electron chi connectivity index (χ2n) is 11.5. The maximum Gasteiger partial charge on any atom is 0.411 e. The zero-order chi connectivity index (χ0) is 30.7. The largest absolute Gasteiger partial charge is 0.453 e. The van der Waals surface area contributed by atoms with E-state index in [1.807, 2.05) is 48.5 Å². The first kappa shape index (κ1) is 29.7. The topological polar surface area (TPSA) is 93.2 Å². The number of nitrogens with zero attached hydrogens (tertiary/aromatic N) is 2. The number of ether oxygens (including phenoxy) is 2. The summed E-state index contributed by atoms with van der Waals surface area (Å²) in [7, 11) is 0. The summed E-state index contributed by atoms with van der Waals surface area (Å²) in [6.07, 6.45) is -0.848. The first-order valence-corrected chi connectivity index (χ1v) is 14.2. The van der Waals surface area contributed by atoms with Gasteiger partial charge >= 0.3 is 12.1 Å². The van der Waals surface area contributed by atoms with Crippen LogP contribution in [0.3, 0.4) is 0 Å². The molecule has 3 amide bonds. The Morgan fingerprint density at radius 2 is 1.40 bits per heavy atom. The SMILES string of the molecule is CC(C)(C)OC(=O)N1C(C/C(F)=C/CCN2C(=O)c3ccccc3C2=O)C(=O)OC(c2ccccc2)C1c1ccccc1. The Bertz CT molecular complexity index is 1510. The molecule has 2 aliphatic rings. The van der Waals surface area contributed by atoms with Crippen LogP contribution in [-0.2, 0) is 14.3 Å². The number of imide groups is 1. The zero-order valence-electron chi connectivity index (χ0n) is 24.2. The van der Waals surface area contributed by atoms with Gasteiger partial charge in [-0.3, -0.25) is 19.4 Å². The van der Waals surface area contributed by atoms with Crippen LogP contribution in [0, 0.1) is 0 Å². The molecule has 9 heteroatoms. The average molecular weight is 585 g/mol. The van der Waals surface area contributed by atoms with Crippen LogP contribution >= 0.6 is 0 Å². The number of hydrogen-bond donors (Lipinski definition) is 0. The van der Waals surface area contributed by atoms with Gasteiger partial charge in [0.1, 0.15) is 17.7 Å². The number of cyclic esters (lactones) is 1. The average Bonchev–Trinajstić information content (AvgIpc) is 3.22. The summed E-state index contributed by atoms with van der Waals surface area (Å²) in [6.45, 7) is 5.11. The van der Waals surface area contributed by atoms with Crippen LogP contribution in [0.1, 0.15) is 77.6 Å². The maximum absolute atomic E-state index is 15.5. The van der Waals surface area contributed by atoms with Gasteiger partial charge in [-0.25, -0.2) is 14.0 Å². The van der Waals surface area contributed by atoms with E-state index < -0.39 is 59.9 Å². The Morgan fingerprint density at radius 3 is 1.95 bits per heavy atom. The Labute approximate surface area is 249 Å². The van der Waals surface area contributed by atoms with Crippen LogP contribution in [0.15, 0.2) is 96.8 Å². The lowest BCUT2D eigenvalue weighted by Gasteiger charge is -2.45. The fourth-order valence-electron chi connectivity index (χ4n) is 5.40. The van der Waals surface area contributed by atoms with E-state index in [1.54, 1.807) is 57.2 Å². The minimum Gasteiger partial charge on any atom is -0.453 e. The lowest BCUT2D eigenvalue weighted by molar-refractivity contribution is -0.174. The van der Waals surface area contributed by atoms with Crippen molar-refractivity contribution in [3.63, 3.8) is 0 Å². The summed E-state index contributed by atoms with van der Waals surface area (Å²) >= 11 is 0. The van der Waals surface area contributed by atoms with E-state index in [0.717, 1.165) is 4.90 Å². The van der Waals surface area contributed by atoms with Crippen LogP contribution in [0.5, 0.6) is 0 Å². The minimum atomic E-state index is -1.32. The van der Waals surface area contributed by atoms with Crippen LogP contribution in [0.25, 0.3) is 0 Å². The van der Waals surface area contributed by atoms with Gasteiger partial charge < -0.3 is 9.47 Å². The molecular weight excluding hydrogens is 551 g/mol. The molecule has 0 radical (unpaired) electrons. The van der Waals surface area contributed by atoms with Gasteiger partial charge in [-0.15, -0.1) is 0 Å². The highest BCUT2D eigenvalue weighted by Crippen LogP contribution is 2.44. The number of benzene rings is 3. The molecule has 0 bridgehead atoms. The molecular formula is C34H33FN2O6. The molecule has 3 aromatic carbocycles. The van der Waals surface area contributed by atoms with Gasteiger partial charge in [-0.2, -0.15) is 0 Å². The number of hydrogen-bond acceptors (Lipinski definition) is 6. The summed E-state index contributed by atoms with van der Waals surface area (Å²) in [6, 6.07) is 22.6. The third kappa shape index (κ3) is 6.35. The fraction of sp³-hybridized carbons (Fsp3) is 0.294. The van der Waals surface area contributed by atoms with E-state index in [9.17, 15) is 19.2 Å². The third-order valence-electron chi connectivity index (χ3n) is 7.30. The van der Waals surface area contributed by atoms with Crippen molar-refractivity contribution < 1.29 is 33.0 Å². The highest BCUT2D eigenvalue weighted by Gasteiger charge is 2.49. The van der Waals surface area contributed by atoms with Gasteiger partial charge in [0.15, 0.2) is 6.10 Å². The molecule has 1 fully saturated rings. The lowest BCUT2D eigenvalue weighted by Crippen LogP contribution is -2.55. The van der Waals surface area contributed by atoms with E-state index in [2.05, 4.69) is 0 Å². The van der Waals surface area contributed by atoms with Crippen molar-refractivity contribution in [2.24, 2.45) is 0 Å². The molecule has 3 atom stereocenters. The number of carbonyl (C=O) groups is 4. The molecule has 222 valence electrons. The minimum absolute atomic E-state index is 0.0280. The van der Waals surface area contributed by atoms with Gasteiger partial charge in [0, 0.05) is 13.0 Å². The summed E-state index contributed by atoms with van der Waals surface area (Å²) in [5.74, 6) is -2.31. The van der Waals surface area contributed by atoms with E-state index in [-0.39, 0.29) is 13.0 Å². The lowest BCUT2D eigenvalue weighted by atomic mass is 9.90. The summed E-state index contributed by atoms with van der Waals surface area (Å²) < 4.78 is 27.2. The van der Waals surface area contributed by atoms with Crippen molar-refractivity contribution >= 4 is 23.9 Å². The van der Waals surface area contributed by atoms with Crippen molar-refractivity contribution in [3.8, 4) is 0 Å². The summed E-state index contributed by atoms with van der Waals surface area (Å²) in [5.41, 5.74) is 1.11. The number of esters is 1. The monoisotopic (exact) mass is 584 g/mol. The molecule has 3 aromatic rings. The van der Waals surface area contributed by atoms with Crippen LogP contribution in [0.2, 0.25) is 0 Å². The van der Waals surface area contributed by atoms with E-state index in [0.29, 0.717) is 22.3 Å². The molecule has 3 unspecified atom stereocenters. The molecule has 0 N–H and O–H groups in total. The molecule has 0 spiro atoms. The van der Waals surface area contributed by atoms with Crippen LogP contribution in [-0.4, -0.2) is 51.9 Å². The number of fused-ring (bicyclic) bond motifs is 1.